The van der Waals surface area contributed by atoms with Crippen LogP contribution in [-0.2, 0) is 9.22 Å². The topological polar surface area (TPSA) is 38.3 Å². The van der Waals surface area contributed by atoms with Crippen molar-refractivity contribution in [2.75, 3.05) is 6.54 Å². The predicted molar refractivity (Wildman–Crippen MR) is 57.1 cm³/mol. The van der Waals surface area contributed by atoms with Crippen molar-refractivity contribution in [2.45, 2.75) is 32.7 Å². The summed E-state index contributed by atoms with van der Waals surface area (Å²) in [6, 6.07) is 0. The van der Waals surface area contributed by atoms with Gasteiger partial charge >= 0.3 is 0 Å². The zero-order valence-electron chi connectivity index (χ0n) is 8.89. The molecule has 1 N–H and O–H groups in total. The first-order valence-corrected chi connectivity index (χ1v) is 7.84. The fourth-order valence-electron chi connectivity index (χ4n) is 0.962. The Balaban J connectivity index is 3.69. The number of hydrogen-bond acceptors (Lipinski definition) is 2. The molecule has 0 aromatic heterocycles. The van der Waals surface area contributed by atoms with Gasteiger partial charge in [0.25, 0.3) is 0 Å². The van der Waals surface area contributed by atoms with Crippen molar-refractivity contribution in [3.8, 4) is 0 Å². The van der Waals surface area contributed by atoms with Crippen LogP contribution >= 0.6 is 0 Å². The highest BCUT2D eigenvalue weighted by molar-refractivity contribution is 6.69. The summed E-state index contributed by atoms with van der Waals surface area (Å²) in [6.07, 6.45) is 1.34. The molecule has 0 aliphatic heterocycles. The van der Waals surface area contributed by atoms with E-state index in [-0.39, 0.29) is 12.0 Å². The summed E-state index contributed by atoms with van der Waals surface area (Å²) in [5.74, 6) is -0.147. The molecule has 0 bridgehead atoms. The number of hydrogen-bond donors (Lipinski definition) is 1. The maximum absolute atomic E-state index is 10.8. The van der Waals surface area contributed by atoms with Crippen LogP contribution < -0.4 is 5.32 Å². The third-order valence-corrected chi connectivity index (χ3v) is 2.41. The van der Waals surface area contributed by atoms with E-state index in [4.69, 9.17) is 4.43 Å². The van der Waals surface area contributed by atoms with Crippen LogP contribution in [0, 0.1) is 0 Å². The smallest absolute Gasteiger partial charge is 0.243 e. The van der Waals surface area contributed by atoms with Gasteiger partial charge in [0.1, 0.15) is 0 Å². The van der Waals surface area contributed by atoms with Crippen molar-refractivity contribution >= 4 is 14.2 Å². The second-order valence-electron chi connectivity index (χ2n) is 3.99. The Morgan fingerprint density at radius 3 is 2.54 bits per heavy atom. The molecule has 1 amide bonds. The van der Waals surface area contributed by atoms with E-state index in [1.165, 1.54) is 6.08 Å². The lowest BCUT2D eigenvalue weighted by atomic mass is 10.4. The van der Waals surface area contributed by atoms with Gasteiger partial charge < -0.3 is 9.74 Å². The van der Waals surface area contributed by atoms with Gasteiger partial charge in [-0.2, -0.15) is 0 Å². The van der Waals surface area contributed by atoms with Gasteiger partial charge in [-0.05, 0) is 32.6 Å². The summed E-state index contributed by atoms with van der Waals surface area (Å²) in [7, 11) is -1.48. The van der Waals surface area contributed by atoms with E-state index >= 15 is 0 Å². The molecule has 0 spiro atoms. The minimum atomic E-state index is -1.48. The molecule has 4 heteroatoms. The lowest BCUT2D eigenvalue weighted by molar-refractivity contribution is -0.116. The average Bonchev–Trinajstić information content (AvgIpc) is 1.97. The van der Waals surface area contributed by atoms with E-state index in [0.717, 1.165) is 0 Å². The lowest BCUT2D eigenvalue weighted by Gasteiger charge is -2.23. The third-order valence-electron chi connectivity index (χ3n) is 1.30. The fourth-order valence-corrected chi connectivity index (χ4v) is 2.25. The number of amides is 1. The van der Waals surface area contributed by atoms with Gasteiger partial charge in [-0.15, -0.1) is 0 Å². The van der Waals surface area contributed by atoms with Crippen LogP contribution in [-0.4, -0.2) is 26.9 Å². The average molecular weight is 201 g/mol. The Bertz CT molecular complexity index is 187. The number of rotatable bonds is 5. The number of carbonyl (C=O) groups excluding carboxylic acids is 1. The third kappa shape index (κ3) is 7.74. The predicted octanol–water partition coefficient (Wildman–Crippen LogP) is 1.53. The normalized spacial score (nSPS) is 13.5. The quantitative estimate of drug-likeness (QED) is 0.541. The summed E-state index contributed by atoms with van der Waals surface area (Å²) in [4.78, 5) is 10.8. The van der Waals surface area contributed by atoms with Crippen LogP contribution in [0.3, 0.4) is 0 Å². The zero-order chi connectivity index (χ0) is 10.5. The fraction of sp³-hybridized carbons (Fsp3) is 0.667. The molecule has 13 heavy (non-hydrogen) atoms. The van der Waals surface area contributed by atoms with Crippen LogP contribution in [0.4, 0.5) is 0 Å². The van der Waals surface area contributed by atoms with E-state index in [0.29, 0.717) is 6.54 Å². The van der Waals surface area contributed by atoms with Gasteiger partial charge in [0.05, 0.1) is 6.10 Å². The van der Waals surface area contributed by atoms with Gasteiger partial charge in [-0.3, -0.25) is 4.79 Å². The zero-order valence-corrected chi connectivity index (χ0v) is 9.89. The molecule has 1 unspecified atom stereocenters. The Hall–Kier alpha value is -0.613. The van der Waals surface area contributed by atoms with Crippen LogP contribution in [0.25, 0.3) is 0 Å². The molecule has 0 aliphatic carbocycles. The minimum Gasteiger partial charge on any atom is -0.413 e. The highest BCUT2D eigenvalue weighted by atomic mass is 28.4. The van der Waals surface area contributed by atoms with Gasteiger partial charge in [0, 0.05) is 6.54 Å². The van der Waals surface area contributed by atoms with E-state index in [2.05, 4.69) is 31.5 Å². The maximum atomic E-state index is 10.8. The molecule has 1 atom stereocenters. The van der Waals surface area contributed by atoms with Crippen molar-refractivity contribution in [2.24, 2.45) is 0 Å². The molecule has 0 radical (unpaired) electrons. The molecule has 0 aromatic carbocycles. The van der Waals surface area contributed by atoms with E-state index in [1.54, 1.807) is 0 Å². The lowest BCUT2D eigenvalue weighted by Crippen LogP contribution is -2.37. The molecule has 0 aliphatic rings. The first-order valence-electron chi connectivity index (χ1n) is 4.43. The Morgan fingerprint density at radius 2 is 2.15 bits per heavy atom. The summed E-state index contributed by atoms with van der Waals surface area (Å²) >= 11 is 0. The minimum absolute atomic E-state index is 0.0792. The first kappa shape index (κ1) is 12.4. The summed E-state index contributed by atoms with van der Waals surface area (Å²) < 4.78 is 5.72. The Kier molecular flexibility index (Phi) is 4.94. The largest absolute Gasteiger partial charge is 0.413 e. The first-order chi connectivity index (χ1) is 5.85. The molecule has 0 rings (SSSR count). The van der Waals surface area contributed by atoms with E-state index in [9.17, 15) is 4.79 Å². The summed E-state index contributed by atoms with van der Waals surface area (Å²) in [5.41, 5.74) is 0. The van der Waals surface area contributed by atoms with Crippen LogP contribution in [0.15, 0.2) is 12.7 Å². The van der Waals surface area contributed by atoms with Gasteiger partial charge in [0.15, 0.2) is 8.32 Å². The highest BCUT2D eigenvalue weighted by Gasteiger charge is 2.17. The number of carbonyl (C=O) groups is 1. The monoisotopic (exact) mass is 201 g/mol. The summed E-state index contributed by atoms with van der Waals surface area (Å²) in [6.45, 7) is 12.3. The van der Waals surface area contributed by atoms with Crippen LogP contribution in [0.5, 0.6) is 0 Å². The molecule has 0 saturated carbocycles. The molecular weight excluding hydrogens is 182 g/mol. The van der Waals surface area contributed by atoms with Crippen molar-refractivity contribution in [3.63, 3.8) is 0 Å². The number of nitrogens with one attached hydrogen (secondary N) is 1. The van der Waals surface area contributed by atoms with Crippen molar-refractivity contribution < 1.29 is 9.22 Å². The molecule has 3 nitrogen and oxygen atoms in total. The maximum Gasteiger partial charge on any atom is 0.243 e. The second-order valence-corrected chi connectivity index (χ2v) is 8.45. The van der Waals surface area contributed by atoms with Crippen molar-refractivity contribution in [1.82, 2.24) is 5.32 Å². The van der Waals surface area contributed by atoms with E-state index in [1.807, 2.05) is 6.92 Å². The van der Waals surface area contributed by atoms with Crippen LogP contribution in [0.2, 0.25) is 19.6 Å². The highest BCUT2D eigenvalue weighted by Crippen LogP contribution is 2.05. The Morgan fingerprint density at radius 1 is 1.62 bits per heavy atom. The Labute approximate surface area is 81.3 Å². The van der Waals surface area contributed by atoms with Gasteiger partial charge in [-0.1, -0.05) is 6.58 Å². The van der Waals surface area contributed by atoms with Crippen molar-refractivity contribution in [1.29, 1.82) is 0 Å². The molecule has 0 aromatic rings. The van der Waals surface area contributed by atoms with Crippen molar-refractivity contribution in [3.05, 3.63) is 12.7 Å². The summed E-state index contributed by atoms with van der Waals surface area (Å²) in [5, 5.41) is 2.69. The SMILES string of the molecule is C=CC(=O)NCC(C)O[Si](C)(C)C. The molecule has 0 fully saturated rings. The molecule has 76 valence electrons. The molecular formula is C9H19NO2Si. The molecule has 0 saturated heterocycles. The van der Waals surface area contributed by atoms with Gasteiger partial charge in [-0.25, -0.2) is 0 Å². The standard InChI is InChI=1S/C9H19NO2Si/c1-6-9(11)10-7-8(2)12-13(3,4)5/h6,8H,1,7H2,2-5H3,(H,10,11). The molecule has 0 heterocycles. The van der Waals surface area contributed by atoms with E-state index < -0.39 is 8.32 Å². The van der Waals surface area contributed by atoms with Crippen LogP contribution in [0.1, 0.15) is 6.92 Å². The van der Waals surface area contributed by atoms with Gasteiger partial charge in [0.2, 0.25) is 5.91 Å². The second kappa shape index (κ2) is 5.19.